The topological polar surface area (TPSA) is 104 Å². The first-order valence-corrected chi connectivity index (χ1v) is 11.8. The van der Waals surface area contributed by atoms with Crippen LogP contribution in [-0.2, 0) is 11.3 Å². The van der Waals surface area contributed by atoms with Gasteiger partial charge in [-0.2, -0.15) is 9.97 Å². The molecule has 34 heavy (non-hydrogen) atoms. The summed E-state index contributed by atoms with van der Waals surface area (Å²) in [6, 6.07) is 9.85. The van der Waals surface area contributed by atoms with Crippen LogP contribution >= 0.6 is 0 Å². The molecule has 5 rings (SSSR count). The maximum atomic E-state index is 9.89. The van der Waals surface area contributed by atoms with Crippen molar-refractivity contribution in [3.05, 3.63) is 35.9 Å². The molecule has 2 saturated heterocycles. The number of nitrogens with zero attached hydrogens (tertiary/aromatic N) is 5. The Morgan fingerprint density at radius 2 is 1.97 bits per heavy atom. The summed E-state index contributed by atoms with van der Waals surface area (Å²) in [4.78, 5) is 19.1. The smallest absolute Gasteiger partial charge is 0.229 e. The van der Waals surface area contributed by atoms with Crippen LogP contribution in [0.2, 0.25) is 0 Å². The Hall–Kier alpha value is -3.01. The van der Waals surface area contributed by atoms with Gasteiger partial charge in [-0.1, -0.05) is 0 Å². The van der Waals surface area contributed by atoms with Crippen LogP contribution in [0.4, 0.5) is 11.8 Å². The zero-order valence-corrected chi connectivity index (χ0v) is 19.6. The van der Waals surface area contributed by atoms with Crippen molar-refractivity contribution >= 4 is 22.8 Å². The number of benzene rings is 1. The largest absolute Gasteiger partial charge is 0.496 e. The van der Waals surface area contributed by atoms with Crippen molar-refractivity contribution in [1.29, 1.82) is 0 Å². The fourth-order valence-corrected chi connectivity index (χ4v) is 4.88. The van der Waals surface area contributed by atoms with E-state index in [0.717, 1.165) is 48.4 Å². The van der Waals surface area contributed by atoms with E-state index in [0.29, 0.717) is 36.1 Å². The number of morpholine rings is 1. The molecule has 2 N–H and O–H groups in total. The summed E-state index contributed by atoms with van der Waals surface area (Å²) in [5.41, 5.74) is 2.95. The van der Waals surface area contributed by atoms with Gasteiger partial charge in [0.05, 0.1) is 56.7 Å². The predicted octanol–water partition coefficient (Wildman–Crippen LogP) is 2.38. The van der Waals surface area contributed by atoms with Crippen molar-refractivity contribution in [2.75, 3.05) is 49.8 Å². The Balaban J connectivity index is 1.64. The van der Waals surface area contributed by atoms with Crippen LogP contribution in [0.15, 0.2) is 30.3 Å². The molecule has 3 aromatic rings. The summed E-state index contributed by atoms with van der Waals surface area (Å²) in [5, 5.41) is 20.5. The lowest BCUT2D eigenvalue weighted by molar-refractivity contribution is 0.0987. The minimum atomic E-state index is -0.118. The zero-order valence-electron chi connectivity index (χ0n) is 19.6. The fraction of sp³-hybridized carbons (Fsp3) is 0.480. The molecule has 0 spiro atoms. The number of aliphatic hydroxyl groups is 2. The van der Waals surface area contributed by atoms with Gasteiger partial charge in [0, 0.05) is 24.2 Å². The predicted molar refractivity (Wildman–Crippen MR) is 130 cm³/mol. The number of ether oxygens (including phenoxy) is 2. The third kappa shape index (κ3) is 4.15. The molecular weight excluding hydrogens is 434 g/mol. The molecule has 0 amide bonds. The lowest BCUT2D eigenvalue weighted by atomic mass is 10.1. The number of aliphatic hydroxyl groups excluding tert-OH is 2. The second-order valence-corrected chi connectivity index (χ2v) is 8.89. The molecule has 2 aliphatic heterocycles. The Kier molecular flexibility index (Phi) is 6.49. The SMILES string of the molecule is COc1ccc(-c2ccc3c(N4CCOC[C@@H]4C)nc(N4CCC[C@@H]4CO)nc3n2)cc1CO. The number of pyridine rings is 1. The molecule has 4 heterocycles. The van der Waals surface area contributed by atoms with Crippen molar-refractivity contribution in [1.82, 2.24) is 15.0 Å². The van der Waals surface area contributed by atoms with E-state index < -0.39 is 0 Å². The average Bonchev–Trinajstić information content (AvgIpc) is 3.36. The Morgan fingerprint density at radius 1 is 1.09 bits per heavy atom. The highest BCUT2D eigenvalue weighted by atomic mass is 16.5. The van der Waals surface area contributed by atoms with Crippen LogP contribution in [0.25, 0.3) is 22.3 Å². The molecule has 1 aromatic carbocycles. The summed E-state index contributed by atoms with van der Waals surface area (Å²) in [5.74, 6) is 2.10. The second kappa shape index (κ2) is 9.69. The quantitative estimate of drug-likeness (QED) is 0.568. The molecule has 0 saturated carbocycles. The van der Waals surface area contributed by atoms with Crippen molar-refractivity contribution in [3.63, 3.8) is 0 Å². The van der Waals surface area contributed by atoms with Crippen molar-refractivity contribution < 1.29 is 19.7 Å². The fourth-order valence-electron chi connectivity index (χ4n) is 4.88. The van der Waals surface area contributed by atoms with Gasteiger partial charge in [0.25, 0.3) is 0 Å². The van der Waals surface area contributed by atoms with Crippen molar-refractivity contribution in [3.8, 4) is 17.0 Å². The van der Waals surface area contributed by atoms with E-state index in [-0.39, 0.29) is 25.3 Å². The minimum absolute atomic E-state index is 0.0179. The Morgan fingerprint density at radius 3 is 2.74 bits per heavy atom. The number of aromatic nitrogens is 3. The van der Waals surface area contributed by atoms with E-state index in [2.05, 4.69) is 16.7 Å². The molecule has 0 unspecified atom stereocenters. The first kappa shape index (κ1) is 22.8. The summed E-state index contributed by atoms with van der Waals surface area (Å²) in [7, 11) is 1.59. The van der Waals surface area contributed by atoms with Crippen molar-refractivity contribution in [2.45, 2.75) is 38.5 Å². The van der Waals surface area contributed by atoms with Gasteiger partial charge in [-0.25, -0.2) is 4.98 Å². The number of fused-ring (bicyclic) bond motifs is 1. The van der Waals surface area contributed by atoms with Crippen LogP contribution in [0, 0.1) is 0 Å². The van der Waals surface area contributed by atoms with Gasteiger partial charge in [0.15, 0.2) is 5.65 Å². The van der Waals surface area contributed by atoms with Crippen LogP contribution in [0.5, 0.6) is 5.75 Å². The first-order chi connectivity index (χ1) is 16.6. The summed E-state index contributed by atoms with van der Waals surface area (Å²) in [6.07, 6.45) is 1.92. The van der Waals surface area contributed by atoms with E-state index >= 15 is 0 Å². The molecule has 180 valence electrons. The van der Waals surface area contributed by atoms with Gasteiger partial charge >= 0.3 is 0 Å². The Bertz CT molecular complexity index is 1170. The van der Waals surface area contributed by atoms with E-state index in [1.807, 2.05) is 30.3 Å². The van der Waals surface area contributed by atoms with E-state index in [1.165, 1.54) is 0 Å². The maximum Gasteiger partial charge on any atom is 0.229 e. The molecule has 2 aliphatic rings. The van der Waals surface area contributed by atoms with Crippen LogP contribution < -0.4 is 14.5 Å². The second-order valence-electron chi connectivity index (χ2n) is 8.89. The molecule has 0 bridgehead atoms. The molecular formula is C25H31N5O4. The number of rotatable bonds is 6. The molecule has 2 atom stereocenters. The highest BCUT2D eigenvalue weighted by Gasteiger charge is 2.29. The lowest BCUT2D eigenvalue weighted by Gasteiger charge is -2.35. The molecule has 0 radical (unpaired) electrons. The third-order valence-corrected chi connectivity index (χ3v) is 6.76. The monoisotopic (exact) mass is 465 g/mol. The first-order valence-electron chi connectivity index (χ1n) is 11.8. The molecule has 2 fully saturated rings. The normalized spacial score (nSPS) is 20.8. The molecule has 9 nitrogen and oxygen atoms in total. The molecule has 0 aliphatic carbocycles. The number of hydrogen-bond acceptors (Lipinski definition) is 9. The maximum absolute atomic E-state index is 9.89. The van der Waals surface area contributed by atoms with Gasteiger partial charge < -0.3 is 29.5 Å². The molecule has 9 heteroatoms. The van der Waals surface area contributed by atoms with Crippen LogP contribution in [0.3, 0.4) is 0 Å². The zero-order chi connectivity index (χ0) is 23.7. The van der Waals surface area contributed by atoms with Crippen LogP contribution in [-0.4, -0.2) is 77.3 Å². The van der Waals surface area contributed by atoms with E-state index in [9.17, 15) is 10.2 Å². The van der Waals surface area contributed by atoms with Gasteiger partial charge in [-0.05, 0) is 50.1 Å². The van der Waals surface area contributed by atoms with Gasteiger partial charge in [0.2, 0.25) is 5.95 Å². The highest BCUT2D eigenvalue weighted by Crippen LogP contribution is 2.33. The summed E-state index contributed by atoms with van der Waals surface area (Å²) < 4.78 is 11.0. The van der Waals surface area contributed by atoms with E-state index in [1.54, 1.807) is 7.11 Å². The molecule has 2 aromatic heterocycles. The van der Waals surface area contributed by atoms with E-state index in [4.69, 9.17) is 24.4 Å². The lowest BCUT2D eigenvalue weighted by Crippen LogP contribution is -2.44. The van der Waals surface area contributed by atoms with Crippen LogP contribution in [0.1, 0.15) is 25.3 Å². The number of hydrogen-bond donors (Lipinski definition) is 2. The highest BCUT2D eigenvalue weighted by molar-refractivity contribution is 5.90. The average molecular weight is 466 g/mol. The standard InChI is InChI=1S/C25H31N5O4/c1-16-15-34-11-10-29(16)24-20-6-7-21(17-5-8-22(33-2)18(12-17)13-31)26-23(20)27-25(28-24)30-9-3-4-19(30)14-32/h5-8,12,16,19,31-32H,3-4,9-11,13-15H2,1-2H3/t16-,19+/m0/s1. The van der Waals surface area contributed by atoms with Gasteiger partial charge in [0.1, 0.15) is 11.6 Å². The summed E-state index contributed by atoms with van der Waals surface area (Å²) in [6.45, 7) is 4.94. The Labute approximate surface area is 199 Å². The van der Waals surface area contributed by atoms with Gasteiger partial charge in [-0.15, -0.1) is 0 Å². The minimum Gasteiger partial charge on any atom is -0.496 e. The van der Waals surface area contributed by atoms with Gasteiger partial charge in [-0.3, -0.25) is 0 Å². The number of anilines is 2. The summed E-state index contributed by atoms with van der Waals surface area (Å²) >= 11 is 0. The number of methoxy groups -OCH3 is 1. The van der Waals surface area contributed by atoms with Crippen molar-refractivity contribution in [2.24, 2.45) is 0 Å². The third-order valence-electron chi connectivity index (χ3n) is 6.76.